The summed E-state index contributed by atoms with van der Waals surface area (Å²) in [6.07, 6.45) is 0. The van der Waals surface area contributed by atoms with E-state index in [1.807, 2.05) is 44.2 Å². The summed E-state index contributed by atoms with van der Waals surface area (Å²) in [6, 6.07) is 13.2. The zero-order valence-electron chi connectivity index (χ0n) is 16.6. The molecule has 0 aliphatic carbocycles. The van der Waals surface area contributed by atoms with E-state index in [2.05, 4.69) is 10.3 Å². The number of hydrogen-bond donors (Lipinski definition) is 1. The van der Waals surface area contributed by atoms with E-state index in [4.69, 9.17) is 0 Å². The van der Waals surface area contributed by atoms with Gasteiger partial charge >= 0.3 is 11.5 Å². The van der Waals surface area contributed by atoms with Gasteiger partial charge in [0.2, 0.25) is 0 Å². The molecule has 2 unspecified atom stereocenters. The molecule has 3 aromatic rings. The maximum absolute atomic E-state index is 13.1. The first-order chi connectivity index (χ1) is 14.6. The van der Waals surface area contributed by atoms with Gasteiger partial charge in [0, 0.05) is 21.9 Å². The number of alkyl halides is 3. The lowest BCUT2D eigenvalue weighted by Gasteiger charge is -2.20. The number of fused-ring (bicyclic) bond motifs is 1. The molecule has 1 aliphatic rings. The molecule has 1 saturated heterocycles. The number of anilines is 1. The van der Waals surface area contributed by atoms with Crippen LogP contribution in [0.5, 0.6) is 0 Å². The summed E-state index contributed by atoms with van der Waals surface area (Å²) in [5.74, 6) is -0.791. The predicted molar refractivity (Wildman–Crippen MR) is 113 cm³/mol. The van der Waals surface area contributed by atoms with Crippen molar-refractivity contribution in [2.45, 2.75) is 36.2 Å². The molecule has 1 N–H and O–H groups in total. The molecule has 2 atom stereocenters. The van der Waals surface area contributed by atoms with Gasteiger partial charge in [0.05, 0.1) is 11.2 Å². The fourth-order valence-electron chi connectivity index (χ4n) is 3.78. The third-order valence-corrected chi connectivity index (χ3v) is 5.90. The largest absolute Gasteiger partial charge is 0.446 e. The van der Waals surface area contributed by atoms with Crippen LogP contribution in [0, 0.1) is 6.92 Å². The molecule has 2 aromatic carbocycles. The number of benzene rings is 2. The minimum atomic E-state index is -4.41. The van der Waals surface area contributed by atoms with Gasteiger partial charge in [-0.3, -0.25) is 9.78 Å². The molecule has 0 spiro atoms. The Kier molecular flexibility index (Phi) is 5.38. The number of rotatable bonds is 4. The van der Waals surface area contributed by atoms with Crippen molar-refractivity contribution in [3.8, 4) is 0 Å². The van der Waals surface area contributed by atoms with Crippen LogP contribution >= 0.6 is 11.8 Å². The number of amides is 3. The molecular weight excluding hydrogens is 427 g/mol. The summed E-state index contributed by atoms with van der Waals surface area (Å²) < 4.78 is 37.6. The molecule has 1 aliphatic heterocycles. The van der Waals surface area contributed by atoms with E-state index in [9.17, 15) is 22.8 Å². The number of halogens is 3. The minimum Gasteiger partial charge on any atom is -0.325 e. The number of hydrogen-bond acceptors (Lipinski definition) is 4. The Bertz CT molecular complexity index is 1160. The highest BCUT2D eigenvalue weighted by Gasteiger charge is 2.42. The number of pyridine rings is 1. The van der Waals surface area contributed by atoms with E-state index >= 15 is 0 Å². The van der Waals surface area contributed by atoms with Crippen molar-refractivity contribution in [2.24, 2.45) is 0 Å². The Morgan fingerprint density at radius 1 is 1.10 bits per heavy atom. The monoisotopic (exact) mass is 445 g/mol. The standard InChI is InChI=1S/C22H18F3N3O2S/c1-12-11-17(16-5-3-4-6-18(16)26-12)13(2)19-20(29)28(21(30)27-19)14-7-9-15(10-8-14)31-22(23,24)25/h3-11,13,19H,1-2H3,(H,27,30). The summed E-state index contributed by atoms with van der Waals surface area (Å²) in [5, 5.41) is 3.62. The normalized spacial score (nSPS) is 17.8. The van der Waals surface area contributed by atoms with Crippen molar-refractivity contribution in [3.63, 3.8) is 0 Å². The molecule has 1 fully saturated rings. The van der Waals surface area contributed by atoms with Gasteiger partial charge in [0.15, 0.2) is 0 Å². The Balaban J connectivity index is 1.62. The smallest absolute Gasteiger partial charge is 0.325 e. The Labute approximate surface area is 180 Å². The predicted octanol–water partition coefficient (Wildman–Crippen LogP) is 5.38. The van der Waals surface area contributed by atoms with E-state index in [0.29, 0.717) is 0 Å². The van der Waals surface area contributed by atoms with Crippen molar-refractivity contribution < 1.29 is 22.8 Å². The quantitative estimate of drug-likeness (QED) is 0.432. The van der Waals surface area contributed by atoms with Crippen LogP contribution < -0.4 is 10.2 Å². The number of thioether (sulfide) groups is 1. The van der Waals surface area contributed by atoms with Crippen LogP contribution in [0.25, 0.3) is 10.9 Å². The van der Waals surface area contributed by atoms with Gasteiger partial charge in [-0.05, 0) is 60.6 Å². The first kappa shape index (κ1) is 21.2. The molecule has 0 bridgehead atoms. The molecule has 3 amide bonds. The number of para-hydroxylation sites is 1. The summed E-state index contributed by atoms with van der Waals surface area (Å²) in [4.78, 5) is 31.1. The van der Waals surface area contributed by atoms with Crippen LogP contribution in [0.4, 0.5) is 23.7 Å². The molecule has 160 valence electrons. The second kappa shape index (κ2) is 7.88. The Hall–Kier alpha value is -3.07. The SMILES string of the molecule is Cc1cc(C(C)C2NC(=O)N(c3ccc(SC(F)(F)F)cc3)C2=O)c2ccccc2n1. The maximum Gasteiger partial charge on any atom is 0.446 e. The van der Waals surface area contributed by atoms with E-state index in [1.54, 1.807) is 0 Å². The zero-order chi connectivity index (χ0) is 22.3. The summed E-state index contributed by atoms with van der Waals surface area (Å²) in [7, 11) is 0. The highest BCUT2D eigenvalue weighted by Crippen LogP contribution is 2.38. The van der Waals surface area contributed by atoms with Crippen LogP contribution in [-0.4, -0.2) is 28.5 Å². The van der Waals surface area contributed by atoms with E-state index in [1.165, 1.54) is 24.3 Å². The van der Waals surface area contributed by atoms with E-state index in [0.717, 1.165) is 27.1 Å². The Morgan fingerprint density at radius 3 is 2.45 bits per heavy atom. The lowest BCUT2D eigenvalue weighted by molar-refractivity contribution is -0.118. The van der Waals surface area contributed by atoms with Gasteiger partial charge in [0.25, 0.3) is 5.91 Å². The summed E-state index contributed by atoms with van der Waals surface area (Å²) in [6.45, 7) is 3.72. The molecule has 0 radical (unpaired) electrons. The van der Waals surface area contributed by atoms with Gasteiger partial charge in [-0.15, -0.1) is 0 Å². The number of aromatic nitrogens is 1. The number of imide groups is 1. The molecule has 1 aromatic heterocycles. The molecule has 0 saturated carbocycles. The molecule has 9 heteroatoms. The molecule has 4 rings (SSSR count). The number of carbonyl (C=O) groups excluding carboxylic acids is 2. The third kappa shape index (κ3) is 4.23. The van der Waals surface area contributed by atoms with Gasteiger partial charge in [0.1, 0.15) is 6.04 Å². The van der Waals surface area contributed by atoms with Gasteiger partial charge in [-0.2, -0.15) is 13.2 Å². The highest BCUT2D eigenvalue weighted by atomic mass is 32.2. The molecule has 5 nitrogen and oxygen atoms in total. The fourth-order valence-corrected chi connectivity index (χ4v) is 4.31. The van der Waals surface area contributed by atoms with E-state index < -0.39 is 23.5 Å². The zero-order valence-corrected chi connectivity index (χ0v) is 17.4. The second-order valence-corrected chi connectivity index (χ2v) is 8.44. The molecular formula is C22H18F3N3O2S. The van der Waals surface area contributed by atoms with E-state index in [-0.39, 0.29) is 28.3 Å². The first-order valence-corrected chi connectivity index (χ1v) is 10.3. The summed E-state index contributed by atoms with van der Waals surface area (Å²) in [5.41, 5.74) is -1.70. The topological polar surface area (TPSA) is 62.3 Å². The van der Waals surface area contributed by atoms with Crippen LogP contribution in [0.15, 0.2) is 59.5 Å². The van der Waals surface area contributed by atoms with Crippen molar-refractivity contribution in [2.75, 3.05) is 4.90 Å². The van der Waals surface area contributed by atoms with Crippen LogP contribution in [0.3, 0.4) is 0 Å². The number of aryl methyl sites for hydroxylation is 1. The lowest BCUT2D eigenvalue weighted by atomic mass is 9.90. The average Bonchev–Trinajstić information content (AvgIpc) is 3.00. The summed E-state index contributed by atoms with van der Waals surface area (Å²) >= 11 is -0.251. The Morgan fingerprint density at radius 2 is 1.77 bits per heavy atom. The number of nitrogens with one attached hydrogen (secondary N) is 1. The van der Waals surface area contributed by atoms with Crippen molar-refractivity contribution in [3.05, 3.63) is 65.9 Å². The van der Waals surface area contributed by atoms with Crippen molar-refractivity contribution >= 4 is 40.3 Å². The minimum absolute atomic E-state index is 0.0213. The molecule has 31 heavy (non-hydrogen) atoms. The third-order valence-electron chi connectivity index (χ3n) is 5.16. The molecule has 2 heterocycles. The highest BCUT2D eigenvalue weighted by molar-refractivity contribution is 8.00. The number of carbonyl (C=O) groups is 2. The van der Waals surface area contributed by atoms with Crippen molar-refractivity contribution in [1.82, 2.24) is 10.3 Å². The van der Waals surface area contributed by atoms with Crippen molar-refractivity contribution in [1.29, 1.82) is 0 Å². The fraction of sp³-hybridized carbons (Fsp3) is 0.227. The van der Waals surface area contributed by atoms with Crippen LogP contribution in [-0.2, 0) is 4.79 Å². The maximum atomic E-state index is 13.1. The first-order valence-electron chi connectivity index (χ1n) is 9.50. The second-order valence-electron chi connectivity index (χ2n) is 7.30. The average molecular weight is 445 g/mol. The number of nitrogens with zero attached hydrogens (tertiary/aromatic N) is 2. The van der Waals surface area contributed by atoms with Gasteiger partial charge < -0.3 is 5.32 Å². The number of urea groups is 1. The van der Waals surface area contributed by atoms with Gasteiger partial charge in [-0.1, -0.05) is 25.1 Å². The lowest BCUT2D eigenvalue weighted by Crippen LogP contribution is -2.35. The van der Waals surface area contributed by atoms with Gasteiger partial charge in [-0.25, -0.2) is 9.69 Å². The van der Waals surface area contributed by atoms with Crippen LogP contribution in [0.2, 0.25) is 0 Å². The van der Waals surface area contributed by atoms with Crippen LogP contribution in [0.1, 0.15) is 24.1 Å².